The molecule has 4 rings (SSSR count). The maximum Gasteiger partial charge on any atom is 0.355 e. The molecule has 0 bridgehead atoms. The minimum atomic E-state index is -0.634. The molecule has 3 aromatic heterocycles. The van der Waals surface area contributed by atoms with Gasteiger partial charge in [-0.3, -0.25) is 4.79 Å². The van der Waals surface area contributed by atoms with E-state index < -0.39 is 18.5 Å². The quantitative estimate of drug-likeness (QED) is 0.519. The number of esters is 1. The number of carbonyl (C=O) groups excluding carboxylic acids is 2. The monoisotopic (exact) mass is 378 g/mol. The summed E-state index contributed by atoms with van der Waals surface area (Å²) in [6.45, 7) is 3.41. The molecule has 0 radical (unpaired) electrons. The largest absolute Gasteiger partial charge is 0.463 e. The number of hydrogen-bond acceptors (Lipinski definition) is 5. The van der Waals surface area contributed by atoms with Gasteiger partial charge in [0.15, 0.2) is 12.2 Å². The zero-order valence-electron chi connectivity index (χ0n) is 15.4. The number of aromatic amines is 1. The number of nitrogens with one attached hydrogen (secondary N) is 2. The van der Waals surface area contributed by atoms with E-state index in [0.29, 0.717) is 16.9 Å². The van der Waals surface area contributed by atoms with Gasteiger partial charge < -0.3 is 19.5 Å². The van der Waals surface area contributed by atoms with Crippen LogP contribution >= 0.6 is 0 Å². The van der Waals surface area contributed by atoms with Crippen LogP contribution in [-0.4, -0.2) is 33.2 Å². The molecule has 8 nitrogen and oxygen atoms in total. The van der Waals surface area contributed by atoms with Crippen LogP contribution < -0.4 is 5.32 Å². The Kier molecular flexibility index (Phi) is 4.44. The molecule has 28 heavy (non-hydrogen) atoms. The SMILES string of the molecule is Cc1ccc(-n2nc(C)cc2NC(=O)COC(=O)c2cc3occc3[nH]2)cc1. The molecule has 2 N–H and O–H groups in total. The number of nitrogens with zero attached hydrogens (tertiary/aromatic N) is 2. The molecule has 1 aromatic carbocycles. The van der Waals surface area contributed by atoms with Crippen molar-refractivity contribution in [1.29, 1.82) is 0 Å². The zero-order valence-corrected chi connectivity index (χ0v) is 15.4. The summed E-state index contributed by atoms with van der Waals surface area (Å²) in [4.78, 5) is 27.2. The number of carbonyl (C=O) groups is 2. The first-order valence-corrected chi connectivity index (χ1v) is 8.66. The first-order valence-electron chi connectivity index (χ1n) is 8.66. The normalized spacial score (nSPS) is 10.9. The molecule has 8 heteroatoms. The minimum absolute atomic E-state index is 0.225. The van der Waals surface area contributed by atoms with Crippen molar-refractivity contribution in [3.05, 3.63) is 65.7 Å². The van der Waals surface area contributed by atoms with E-state index in [1.165, 1.54) is 12.3 Å². The number of H-pyrrole nitrogens is 1. The summed E-state index contributed by atoms with van der Waals surface area (Å²) in [7, 11) is 0. The predicted molar refractivity (Wildman–Crippen MR) is 103 cm³/mol. The Morgan fingerprint density at radius 1 is 1.18 bits per heavy atom. The van der Waals surface area contributed by atoms with Crippen LogP contribution in [0.4, 0.5) is 5.82 Å². The van der Waals surface area contributed by atoms with Crippen molar-refractivity contribution < 1.29 is 18.7 Å². The number of aryl methyl sites for hydroxylation is 2. The summed E-state index contributed by atoms with van der Waals surface area (Å²) in [6.07, 6.45) is 1.52. The third-order valence-corrected chi connectivity index (χ3v) is 4.17. The Hall–Kier alpha value is -3.81. The first kappa shape index (κ1) is 17.6. The Morgan fingerprint density at radius 2 is 1.96 bits per heavy atom. The second-order valence-corrected chi connectivity index (χ2v) is 6.42. The van der Waals surface area contributed by atoms with Crippen molar-refractivity contribution >= 4 is 28.8 Å². The predicted octanol–water partition coefficient (Wildman–Crippen LogP) is 3.36. The smallest absolute Gasteiger partial charge is 0.355 e. The lowest BCUT2D eigenvalue weighted by atomic mass is 10.2. The van der Waals surface area contributed by atoms with Crippen LogP contribution in [0.3, 0.4) is 0 Å². The van der Waals surface area contributed by atoms with E-state index in [0.717, 1.165) is 16.9 Å². The summed E-state index contributed by atoms with van der Waals surface area (Å²) in [6, 6.07) is 12.7. The molecule has 0 saturated heterocycles. The molecule has 0 saturated carbocycles. The molecule has 0 aliphatic carbocycles. The number of benzene rings is 1. The second kappa shape index (κ2) is 7.07. The van der Waals surface area contributed by atoms with Gasteiger partial charge in [0.1, 0.15) is 11.5 Å². The number of fused-ring (bicyclic) bond motifs is 1. The van der Waals surface area contributed by atoms with Gasteiger partial charge in [0.05, 0.1) is 23.2 Å². The molecule has 0 unspecified atom stereocenters. The lowest BCUT2D eigenvalue weighted by Gasteiger charge is -2.09. The van der Waals surface area contributed by atoms with Crippen molar-refractivity contribution in [2.24, 2.45) is 0 Å². The fourth-order valence-electron chi connectivity index (χ4n) is 2.82. The van der Waals surface area contributed by atoms with E-state index in [1.807, 2.05) is 38.1 Å². The van der Waals surface area contributed by atoms with Crippen molar-refractivity contribution in [2.45, 2.75) is 13.8 Å². The molecule has 0 fully saturated rings. The third-order valence-electron chi connectivity index (χ3n) is 4.17. The number of rotatable bonds is 5. The van der Waals surface area contributed by atoms with Crippen molar-refractivity contribution in [3.8, 4) is 5.69 Å². The summed E-state index contributed by atoms with van der Waals surface area (Å²) >= 11 is 0. The van der Waals surface area contributed by atoms with Crippen molar-refractivity contribution in [1.82, 2.24) is 14.8 Å². The van der Waals surface area contributed by atoms with E-state index in [9.17, 15) is 9.59 Å². The number of aromatic nitrogens is 3. The lowest BCUT2D eigenvalue weighted by Crippen LogP contribution is -2.22. The summed E-state index contributed by atoms with van der Waals surface area (Å²) in [5.74, 6) is -0.596. The van der Waals surface area contributed by atoms with E-state index in [2.05, 4.69) is 15.4 Å². The van der Waals surface area contributed by atoms with E-state index in [1.54, 1.807) is 16.8 Å². The number of furan rings is 1. The van der Waals surface area contributed by atoms with E-state index >= 15 is 0 Å². The van der Waals surface area contributed by atoms with Crippen LogP contribution in [0.1, 0.15) is 21.7 Å². The van der Waals surface area contributed by atoms with Crippen LogP contribution in [0, 0.1) is 13.8 Å². The maximum absolute atomic E-state index is 12.3. The Bertz CT molecular complexity index is 1120. The molecule has 0 aliphatic rings. The molecule has 0 spiro atoms. The molecular weight excluding hydrogens is 360 g/mol. The van der Waals surface area contributed by atoms with E-state index in [4.69, 9.17) is 9.15 Å². The standard InChI is InChI=1S/C20H18N4O4/c1-12-3-5-14(6-4-12)24-18(9-13(2)23-24)22-19(25)11-28-20(26)16-10-17-15(21-16)7-8-27-17/h3-10,21H,11H2,1-2H3,(H,22,25). The number of amides is 1. The highest BCUT2D eigenvalue weighted by molar-refractivity contribution is 5.96. The molecule has 1 amide bonds. The third kappa shape index (κ3) is 3.52. The van der Waals surface area contributed by atoms with Gasteiger partial charge in [-0.1, -0.05) is 17.7 Å². The number of hydrogen-bond donors (Lipinski definition) is 2. The summed E-state index contributed by atoms with van der Waals surface area (Å²) < 4.78 is 11.9. The molecule has 0 atom stereocenters. The van der Waals surface area contributed by atoms with Gasteiger partial charge in [-0.2, -0.15) is 5.10 Å². The first-order chi connectivity index (χ1) is 13.5. The molecular formula is C20H18N4O4. The Labute approximate surface area is 160 Å². The average Bonchev–Trinajstić information content (AvgIpc) is 3.35. The van der Waals surface area contributed by atoms with Gasteiger partial charge in [-0.05, 0) is 26.0 Å². The Morgan fingerprint density at radius 3 is 2.71 bits per heavy atom. The van der Waals surface area contributed by atoms with Gasteiger partial charge >= 0.3 is 5.97 Å². The Balaban J connectivity index is 1.42. The van der Waals surface area contributed by atoms with Crippen LogP contribution in [0.2, 0.25) is 0 Å². The topological polar surface area (TPSA) is 102 Å². The number of anilines is 1. The summed E-state index contributed by atoms with van der Waals surface area (Å²) in [5, 5.41) is 7.13. The van der Waals surface area contributed by atoms with Crippen LogP contribution in [0.5, 0.6) is 0 Å². The molecule has 3 heterocycles. The molecule has 142 valence electrons. The fourth-order valence-corrected chi connectivity index (χ4v) is 2.82. The van der Waals surface area contributed by atoms with Gasteiger partial charge in [-0.25, -0.2) is 9.48 Å². The van der Waals surface area contributed by atoms with Crippen LogP contribution in [-0.2, 0) is 9.53 Å². The van der Waals surface area contributed by atoms with Gasteiger partial charge in [0, 0.05) is 18.2 Å². The lowest BCUT2D eigenvalue weighted by molar-refractivity contribution is -0.119. The highest BCUT2D eigenvalue weighted by Crippen LogP contribution is 2.18. The van der Waals surface area contributed by atoms with Gasteiger partial charge in [0.25, 0.3) is 5.91 Å². The van der Waals surface area contributed by atoms with Crippen LogP contribution in [0.15, 0.2) is 53.1 Å². The molecule has 0 aliphatic heterocycles. The fraction of sp³-hybridized carbons (Fsp3) is 0.150. The van der Waals surface area contributed by atoms with Gasteiger partial charge in [0.2, 0.25) is 0 Å². The highest BCUT2D eigenvalue weighted by Gasteiger charge is 2.16. The van der Waals surface area contributed by atoms with Gasteiger partial charge in [-0.15, -0.1) is 0 Å². The average molecular weight is 378 g/mol. The number of ether oxygens (including phenoxy) is 1. The van der Waals surface area contributed by atoms with E-state index in [-0.39, 0.29) is 5.69 Å². The second-order valence-electron chi connectivity index (χ2n) is 6.42. The van der Waals surface area contributed by atoms with Crippen LogP contribution in [0.25, 0.3) is 16.8 Å². The maximum atomic E-state index is 12.3. The van der Waals surface area contributed by atoms with Crippen molar-refractivity contribution in [2.75, 3.05) is 11.9 Å². The summed E-state index contributed by atoms with van der Waals surface area (Å²) in [5.41, 5.74) is 4.16. The minimum Gasteiger partial charge on any atom is -0.463 e. The highest BCUT2D eigenvalue weighted by atomic mass is 16.5. The van der Waals surface area contributed by atoms with Crippen molar-refractivity contribution in [3.63, 3.8) is 0 Å². The zero-order chi connectivity index (χ0) is 19.7. The molecule has 4 aromatic rings.